The Balaban J connectivity index is 1.95. The molecule has 0 fully saturated rings. The standard InChI is InChI=1S/C19H15N5O5S/c1-28-16(26)10-6-11(17(27)29-2)8-12(7-10)23-5-4-14-13(15(23)25)9-20-18-21-19(30-3)22-24(14)18/h4-9H,1-3H3. The normalized spacial score (nSPS) is 11.0. The van der Waals surface area contributed by atoms with Crippen LogP contribution >= 0.6 is 11.8 Å². The van der Waals surface area contributed by atoms with Crippen LogP contribution in [-0.2, 0) is 9.47 Å². The van der Waals surface area contributed by atoms with E-state index in [1.54, 1.807) is 6.07 Å². The number of hydrogen-bond donors (Lipinski definition) is 0. The summed E-state index contributed by atoms with van der Waals surface area (Å²) in [5.74, 6) is -0.914. The third kappa shape index (κ3) is 3.18. The number of nitrogens with zero attached hydrogens (tertiary/aromatic N) is 5. The largest absolute Gasteiger partial charge is 0.465 e. The van der Waals surface area contributed by atoms with Crippen molar-refractivity contribution >= 4 is 40.4 Å². The first-order chi connectivity index (χ1) is 14.5. The SMILES string of the molecule is COC(=O)c1cc(C(=O)OC)cc(-n2ccc3c(cnc4nc(SC)nn43)c2=O)c1. The van der Waals surface area contributed by atoms with Crippen molar-refractivity contribution in [1.29, 1.82) is 0 Å². The van der Waals surface area contributed by atoms with E-state index in [1.807, 2.05) is 6.26 Å². The lowest BCUT2D eigenvalue weighted by Crippen LogP contribution is -2.20. The molecule has 0 aliphatic carbocycles. The lowest BCUT2D eigenvalue weighted by molar-refractivity contribution is 0.0599. The zero-order valence-electron chi connectivity index (χ0n) is 16.1. The first kappa shape index (κ1) is 19.6. The number of carbonyl (C=O) groups excluding carboxylic acids is 2. The Morgan fingerprint density at radius 1 is 1.07 bits per heavy atom. The van der Waals surface area contributed by atoms with E-state index in [0.717, 1.165) is 0 Å². The van der Waals surface area contributed by atoms with Crippen LogP contribution < -0.4 is 5.56 Å². The summed E-state index contributed by atoms with van der Waals surface area (Å²) in [6.45, 7) is 0. The Kier molecular flexibility index (Phi) is 4.96. The van der Waals surface area contributed by atoms with E-state index < -0.39 is 17.5 Å². The van der Waals surface area contributed by atoms with Crippen molar-refractivity contribution in [3.63, 3.8) is 0 Å². The first-order valence-corrected chi connectivity index (χ1v) is 9.82. The second kappa shape index (κ2) is 7.59. The predicted molar refractivity (Wildman–Crippen MR) is 108 cm³/mol. The molecule has 0 aliphatic heterocycles. The van der Waals surface area contributed by atoms with Gasteiger partial charge in [0.1, 0.15) is 0 Å². The van der Waals surface area contributed by atoms with E-state index in [2.05, 4.69) is 15.1 Å². The number of esters is 2. The van der Waals surface area contributed by atoms with Crippen LogP contribution in [0.25, 0.3) is 22.4 Å². The maximum atomic E-state index is 13.2. The summed E-state index contributed by atoms with van der Waals surface area (Å²) in [7, 11) is 2.46. The molecule has 0 spiro atoms. The Labute approximate surface area is 173 Å². The molecule has 0 saturated carbocycles. The quantitative estimate of drug-likeness (QED) is 0.356. The molecule has 3 heterocycles. The number of benzene rings is 1. The average Bonchev–Trinajstić information content (AvgIpc) is 3.21. The number of hydrogen-bond acceptors (Lipinski definition) is 9. The number of methoxy groups -OCH3 is 2. The highest BCUT2D eigenvalue weighted by molar-refractivity contribution is 7.98. The van der Waals surface area contributed by atoms with Crippen LogP contribution in [0.15, 0.2) is 46.6 Å². The van der Waals surface area contributed by atoms with Gasteiger partial charge in [0.15, 0.2) is 0 Å². The maximum Gasteiger partial charge on any atom is 0.337 e. The molecule has 0 amide bonds. The summed E-state index contributed by atoms with van der Waals surface area (Å²) in [6.07, 6.45) is 4.80. The molecule has 1 aromatic carbocycles. The van der Waals surface area contributed by atoms with E-state index in [4.69, 9.17) is 9.47 Å². The molecule has 11 heteroatoms. The van der Waals surface area contributed by atoms with Crippen LogP contribution in [0, 0.1) is 0 Å². The number of rotatable bonds is 4. The third-order valence-corrected chi connectivity index (χ3v) is 4.97. The molecule has 10 nitrogen and oxygen atoms in total. The summed E-state index contributed by atoms with van der Waals surface area (Å²) in [6, 6.07) is 5.95. The molecule has 4 aromatic rings. The zero-order chi connectivity index (χ0) is 21.4. The van der Waals surface area contributed by atoms with E-state index >= 15 is 0 Å². The number of thioether (sulfide) groups is 1. The fourth-order valence-corrected chi connectivity index (χ4v) is 3.35. The van der Waals surface area contributed by atoms with Gasteiger partial charge in [0.05, 0.1) is 41.9 Å². The molecule has 0 unspecified atom stereocenters. The van der Waals surface area contributed by atoms with Crippen molar-refractivity contribution < 1.29 is 19.1 Å². The van der Waals surface area contributed by atoms with Crippen LogP contribution in [0.3, 0.4) is 0 Å². The molecule has 0 atom stereocenters. The summed E-state index contributed by atoms with van der Waals surface area (Å²) in [4.78, 5) is 45.7. The van der Waals surface area contributed by atoms with Crippen molar-refractivity contribution in [3.8, 4) is 5.69 Å². The summed E-state index contributed by atoms with van der Waals surface area (Å²) in [5, 5.41) is 5.17. The van der Waals surface area contributed by atoms with E-state index in [1.165, 1.54) is 65.7 Å². The summed E-state index contributed by atoms with van der Waals surface area (Å²) in [5.41, 5.74) is 0.648. The number of pyridine rings is 1. The average molecular weight is 425 g/mol. The lowest BCUT2D eigenvalue weighted by atomic mass is 10.1. The highest BCUT2D eigenvalue weighted by Crippen LogP contribution is 2.18. The van der Waals surface area contributed by atoms with Gasteiger partial charge in [-0.25, -0.2) is 14.6 Å². The van der Waals surface area contributed by atoms with Gasteiger partial charge in [0.25, 0.3) is 11.3 Å². The van der Waals surface area contributed by atoms with Gasteiger partial charge >= 0.3 is 11.9 Å². The van der Waals surface area contributed by atoms with Gasteiger partial charge in [0, 0.05) is 12.4 Å². The second-order valence-electron chi connectivity index (χ2n) is 6.11. The van der Waals surface area contributed by atoms with Crippen molar-refractivity contribution in [2.45, 2.75) is 5.16 Å². The van der Waals surface area contributed by atoms with Crippen LogP contribution in [0.1, 0.15) is 20.7 Å². The van der Waals surface area contributed by atoms with Crippen LogP contribution in [0.2, 0.25) is 0 Å². The molecule has 0 aliphatic rings. The summed E-state index contributed by atoms with van der Waals surface area (Å²) < 4.78 is 12.3. The van der Waals surface area contributed by atoms with E-state index in [-0.39, 0.29) is 11.1 Å². The summed E-state index contributed by atoms with van der Waals surface area (Å²) >= 11 is 1.37. The number of carbonyl (C=O) groups is 2. The smallest absolute Gasteiger partial charge is 0.337 e. The minimum absolute atomic E-state index is 0.108. The van der Waals surface area contributed by atoms with Gasteiger partial charge in [-0.15, -0.1) is 5.10 Å². The van der Waals surface area contributed by atoms with Crippen molar-refractivity contribution in [2.75, 3.05) is 20.5 Å². The molecule has 4 rings (SSSR count). The topological polar surface area (TPSA) is 118 Å². The van der Waals surface area contributed by atoms with Crippen molar-refractivity contribution in [3.05, 3.63) is 58.1 Å². The Morgan fingerprint density at radius 2 is 1.73 bits per heavy atom. The molecule has 152 valence electrons. The van der Waals surface area contributed by atoms with E-state index in [0.29, 0.717) is 27.5 Å². The fourth-order valence-electron chi connectivity index (χ4n) is 3.01. The molecular weight excluding hydrogens is 410 g/mol. The molecule has 30 heavy (non-hydrogen) atoms. The van der Waals surface area contributed by atoms with Gasteiger partial charge in [-0.2, -0.15) is 9.50 Å². The maximum absolute atomic E-state index is 13.2. The van der Waals surface area contributed by atoms with Crippen molar-refractivity contribution in [1.82, 2.24) is 24.1 Å². The molecule has 0 bridgehead atoms. The van der Waals surface area contributed by atoms with Gasteiger partial charge < -0.3 is 9.47 Å². The molecule has 0 N–H and O–H groups in total. The lowest BCUT2D eigenvalue weighted by Gasteiger charge is -2.11. The number of aromatic nitrogens is 5. The monoisotopic (exact) mass is 425 g/mol. The van der Waals surface area contributed by atoms with E-state index in [9.17, 15) is 14.4 Å². The van der Waals surface area contributed by atoms with Gasteiger partial charge in [-0.1, -0.05) is 11.8 Å². The predicted octanol–water partition coefficient (Wildman–Crippen LogP) is 1.72. The number of ether oxygens (including phenoxy) is 2. The Bertz CT molecular complexity index is 1340. The van der Waals surface area contributed by atoms with Gasteiger partial charge in [-0.3, -0.25) is 9.36 Å². The van der Waals surface area contributed by atoms with Gasteiger partial charge in [0.2, 0.25) is 5.16 Å². The van der Waals surface area contributed by atoms with Crippen LogP contribution in [0.5, 0.6) is 0 Å². The fraction of sp³-hybridized carbons (Fsp3) is 0.158. The van der Waals surface area contributed by atoms with Crippen molar-refractivity contribution in [2.24, 2.45) is 0 Å². The highest BCUT2D eigenvalue weighted by Gasteiger charge is 2.17. The second-order valence-corrected chi connectivity index (χ2v) is 6.88. The highest BCUT2D eigenvalue weighted by atomic mass is 32.2. The zero-order valence-corrected chi connectivity index (χ0v) is 17.0. The van der Waals surface area contributed by atoms with Gasteiger partial charge in [-0.05, 0) is 30.5 Å². The van der Waals surface area contributed by atoms with Crippen LogP contribution in [0.4, 0.5) is 0 Å². The minimum atomic E-state index is -0.647. The molecule has 0 radical (unpaired) electrons. The minimum Gasteiger partial charge on any atom is -0.465 e. The Hall–Kier alpha value is -3.73. The first-order valence-electron chi connectivity index (χ1n) is 8.60. The molecular formula is C19H15N5O5S. The third-order valence-electron chi connectivity index (χ3n) is 4.44. The number of fused-ring (bicyclic) bond motifs is 3. The molecule has 3 aromatic heterocycles. The Morgan fingerprint density at radius 3 is 2.33 bits per heavy atom. The van der Waals surface area contributed by atoms with Crippen LogP contribution in [-0.4, -0.2) is 56.6 Å². The molecule has 0 saturated heterocycles.